The van der Waals surface area contributed by atoms with Gasteiger partial charge in [-0.3, -0.25) is 0 Å². The van der Waals surface area contributed by atoms with Crippen molar-refractivity contribution in [1.29, 1.82) is 0 Å². The van der Waals surface area contributed by atoms with Crippen molar-refractivity contribution in [3.8, 4) is 0 Å². The highest BCUT2D eigenvalue weighted by atomic mass is 79.9. The maximum atomic E-state index is 13.2. The fraction of sp³-hybridized carbons (Fsp3) is 0.714. The fourth-order valence-electron chi connectivity index (χ4n) is 4.64. The monoisotopic (exact) mass is 488 g/mol. The summed E-state index contributed by atoms with van der Waals surface area (Å²) in [6.45, 7) is 9.36. The van der Waals surface area contributed by atoms with Crippen molar-refractivity contribution in [3.63, 3.8) is 0 Å². The van der Waals surface area contributed by atoms with Crippen LogP contribution in [0, 0.1) is 18.8 Å². The van der Waals surface area contributed by atoms with Gasteiger partial charge in [-0.15, -0.1) is 0 Å². The van der Waals surface area contributed by atoms with Gasteiger partial charge in [0, 0.05) is 49.8 Å². The quantitative estimate of drug-likeness (QED) is 0.606. The Hall–Kier alpha value is -0.670. The maximum Gasteiger partial charge on any atom is 0.243 e. The van der Waals surface area contributed by atoms with Crippen LogP contribution in [0.25, 0.3) is 0 Å². The van der Waals surface area contributed by atoms with Gasteiger partial charge in [0.05, 0.1) is 16.7 Å². The van der Waals surface area contributed by atoms with Gasteiger partial charge in [0.15, 0.2) is 0 Å². The van der Waals surface area contributed by atoms with Gasteiger partial charge >= 0.3 is 0 Å². The molecule has 1 aromatic carbocycles. The minimum absolute atomic E-state index is 0.0201. The minimum atomic E-state index is -3.55. The molecule has 0 spiro atoms. The molecule has 0 aliphatic carbocycles. The van der Waals surface area contributed by atoms with Gasteiger partial charge in [-0.1, -0.05) is 13.3 Å². The molecule has 0 amide bonds. The summed E-state index contributed by atoms with van der Waals surface area (Å²) in [6.07, 6.45) is 2.92. The molecule has 6 nitrogen and oxygen atoms in total. The van der Waals surface area contributed by atoms with E-state index in [1.54, 1.807) is 6.07 Å². The first-order valence-corrected chi connectivity index (χ1v) is 12.8. The lowest BCUT2D eigenvalue weighted by Crippen LogP contribution is -2.31. The Morgan fingerprint density at radius 3 is 2.59 bits per heavy atom. The van der Waals surface area contributed by atoms with E-state index in [1.165, 1.54) is 4.31 Å². The van der Waals surface area contributed by atoms with Crippen LogP contribution in [0.3, 0.4) is 0 Å². The largest absolute Gasteiger partial charge is 0.396 e. The molecule has 164 valence electrons. The highest BCUT2D eigenvalue weighted by molar-refractivity contribution is 9.10. The summed E-state index contributed by atoms with van der Waals surface area (Å²) < 4.78 is 34.4. The average Bonchev–Trinajstić information content (AvgIpc) is 3.31. The van der Waals surface area contributed by atoms with Gasteiger partial charge in [0.2, 0.25) is 10.0 Å². The van der Waals surface area contributed by atoms with Crippen molar-refractivity contribution >= 4 is 31.6 Å². The molecule has 0 aromatic heterocycles. The summed E-state index contributed by atoms with van der Waals surface area (Å²) in [4.78, 5) is 2.63. The van der Waals surface area contributed by atoms with E-state index in [0.717, 1.165) is 48.1 Å². The van der Waals surface area contributed by atoms with Crippen LogP contribution in [0.1, 0.15) is 38.7 Å². The Morgan fingerprint density at radius 2 is 1.93 bits per heavy atom. The second-order valence-corrected chi connectivity index (χ2v) is 11.0. The molecule has 8 heteroatoms. The predicted octanol–water partition coefficient (Wildman–Crippen LogP) is 3.40. The summed E-state index contributed by atoms with van der Waals surface area (Å²) in [5, 5.41) is 9.75. The molecule has 3 atom stereocenters. The summed E-state index contributed by atoms with van der Waals surface area (Å²) >= 11 is 3.62. The van der Waals surface area contributed by atoms with Gasteiger partial charge in [-0.2, -0.15) is 4.31 Å². The number of aliphatic hydroxyl groups excluding tert-OH is 1. The Labute approximate surface area is 183 Å². The van der Waals surface area contributed by atoms with E-state index in [-0.39, 0.29) is 18.6 Å². The maximum absolute atomic E-state index is 13.2. The molecule has 2 aliphatic rings. The summed E-state index contributed by atoms with van der Waals surface area (Å²) in [7, 11) is -3.55. The van der Waals surface area contributed by atoms with Crippen LogP contribution in [-0.2, 0) is 14.8 Å². The zero-order valence-electron chi connectivity index (χ0n) is 17.6. The molecule has 0 unspecified atom stereocenters. The lowest BCUT2D eigenvalue weighted by atomic mass is 9.93. The third-order valence-corrected chi connectivity index (χ3v) is 8.83. The minimum Gasteiger partial charge on any atom is -0.396 e. The fourth-order valence-corrected chi connectivity index (χ4v) is 7.10. The van der Waals surface area contributed by atoms with E-state index < -0.39 is 10.0 Å². The molecule has 0 radical (unpaired) electrons. The molecule has 0 saturated carbocycles. The van der Waals surface area contributed by atoms with Crippen LogP contribution in [-0.4, -0.2) is 63.3 Å². The topological polar surface area (TPSA) is 70.1 Å². The van der Waals surface area contributed by atoms with E-state index in [2.05, 4.69) is 27.8 Å². The van der Waals surface area contributed by atoms with Gasteiger partial charge in [-0.05, 0) is 66.2 Å². The lowest BCUT2D eigenvalue weighted by Gasteiger charge is -2.24. The van der Waals surface area contributed by atoms with Crippen LogP contribution in [0.15, 0.2) is 21.5 Å². The Balaban J connectivity index is 1.83. The van der Waals surface area contributed by atoms with Crippen molar-refractivity contribution in [1.82, 2.24) is 4.31 Å². The van der Waals surface area contributed by atoms with E-state index in [4.69, 9.17) is 4.74 Å². The summed E-state index contributed by atoms with van der Waals surface area (Å²) in [5.74, 6) is 0.742. The zero-order valence-corrected chi connectivity index (χ0v) is 20.0. The number of aliphatic hydroxyl groups is 1. The van der Waals surface area contributed by atoms with Gasteiger partial charge in [0.25, 0.3) is 0 Å². The molecular weight excluding hydrogens is 456 g/mol. The van der Waals surface area contributed by atoms with Crippen molar-refractivity contribution in [2.45, 2.75) is 51.0 Å². The highest BCUT2D eigenvalue weighted by Gasteiger charge is 2.36. The molecule has 2 aliphatic heterocycles. The first-order valence-electron chi connectivity index (χ1n) is 10.6. The van der Waals surface area contributed by atoms with Crippen LogP contribution >= 0.6 is 15.9 Å². The first kappa shape index (κ1) is 23.0. The molecular formula is C21H33BrN2O4S. The number of nitrogens with zero attached hydrogens (tertiary/aromatic N) is 2. The van der Waals surface area contributed by atoms with E-state index >= 15 is 0 Å². The first-order chi connectivity index (χ1) is 13.8. The van der Waals surface area contributed by atoms with Crippen molar-refractivity contribution in [2.75, 3.05) is 44.3 Å². The van der Waals surface area contributed by atoms with Crippen molar-refractivity contribution in [3.05, 3.63) is 22.2 Å². The van der Waals surface area contributed by atoms with Crippen LogP contribution in [0.5, 0.6) is 0 Å². The standard InChI is InChI=1S/C21H33BrN2O4S/c1-4-6-16-11-23(12-17(16)14-25)20-9-15(3)21(10-19(20)22)29(26,27)24-8-7-18(13-24)28-5-2/h9-10,16-18,25H,4-8,11-14H2,1-3H3/t16-,17+,18-/m1/s1. The number of sulfonamides is 1. The molecule has 2 heterocycles. The van der Waals surface area contributed by atoms with E-state index in [9.17, 15) is 13.5 Å². The Bertz CT molecular complexity index is 817. The molecule has 2 saturated heterocycles. The van der Waals surface area contributed by atoms with Gasteiger partial charge in [0.1, 0.15) is 0 Å². The van der Waals surface area contributed by atoms with Gasteiger partial charge in [-0.25, -0.2) is 8.42 Å². The number of rotatable bonds is 8. The van der Waals surface area contributed by atoms with Gasteiger partial charge < -0.3 is 14.7 Å². The van der Waals surface area contributed by atoms with Crippen molar-refractivity contribution in [2.24, 2.45) is 11.8 Å². The zero-order chi connectivity index (χ0) is 21.2. The molecule has 1 aromatic rings. The normalized spacial score (nSPS) is 25.8. The number of halogens is 1. The van der Waals surface area contributed by atoms with Crippen LogP contribution in [0.2, 0.25) is 0 Å². The molecule has 29 heavy (non-hydrogen) atoms. The van der Waals surface area contributed by atoms with E-state index in [0.29, 0.717) is 30.5 Å². The number of ether oxygens (including phenoxy) is 1. The second-order valence-electron chi connectivity index (χ2n) is 8.19. The average molecular weight is 489 g/mol. The molecule has 0 bridgehead atoms. The third kappa shape index (κ3) is 4.82. The number of anilines is 1. The predicted molar refractivity (Wildman–Crippen MR) is 119 cm³/mol. The molecule has 3 rings (SSSR count). The van der Waals surface area contributed by atoms with E-state index in [1.807, 2.05) is 19.9 Å². The molecule has 2 fully saturated rings. The number of hydrogen-bond donors (Lipinski definition) is 1. The van der Waals surface area contributed by atoms with Crippen LogP contribution in [0.4, 0.5) is 5.69 Å². The number of benzene rings is 1. The SMILES string of the molecule is CCC[C@@H]1CN(c2cc(C)c(S(=O)(=O)N3CC[C@@H](OCC)C3)cc2Br)C[C@H]1CO. The lowest BCUT2D eigenvalue weighted by molar-refractivity contribution is 0.0738. The van der Waals surface area contributed by atoms with Crippen LogP contribution < -0.4 is 4.90 Å². The summed E-state index contributed by atoms with van der Waals surface area (Å²) in [6, 6.07) is 3.71. The second kappa shape index (κ2) is 9.64. The number of aryl methyl sites for hydroxylation is 1. The Kier molecular flexibility index (Phi) is 7.65. The molecule has 1 N–H and O–H groups in total. The highest BCUT2D eigenvalue weighted by Crippen LogP contribution is 2.38. The Morgan fingerprint density at radius 1 is 1.21 bits per heavy atom. The smallest absolute Gasteiger partial charge is 0.243 e. The third-order valence-electron chi connectivity index (χ3n) is 6.18. The van der Waals surface area contributed by atoms with Crippen molar-refractivity contribution < 1.29 is 18.3 Å². The number of hydrogen-bond acceptors (Lipinski definition) is 5. The summed E-state index contributed by atoms with van der Waals surface area (Å²) in [5.41, 5.74) is 1.76.